The maximum Gasteiger partial charge on any atom is 0.227 e. The molecule has 1 amide bonds. The SMILES string of the molecule is CN(Cc1ccc(Cl)cc1Cl)C(=O)C1CCNC1. The van der Waals surface area contributed by atoms with E-state index < -0.39 is 0 Å². The number of rotatable bonds is 3. The van der Waals surface area contributed by atoms with Gasteiger partial charge >= 0.3 is 0 Å². The predicted molar refractivity (Wildman–Crippen MR) is 73.9 cm³/mol. The zero-order valence-corrected chi connectivity index (χ0v) is 11.8. The van der Waals surface area contributed by atoms with Gasteiger partial charge in [-0.25, -0.2) is 0 Å². The molecule has 1 aromatic carbocycles. The molecule has 0 aliphatic carbocycles. The van der Waals surface area contributed by atoms with Crippen LogP contribution in [0.4, 0.5) is 0 Å². The highest BCUT2D eigenvalue weighted by Crippen LogP contribution is 2.22. The summed E-state index contributed by atoms with van der Waals surface area (Å²) in [6, 6.07) is 5.35. The van der Waals surface area contributed by atoms with Crippen molar-refractivity contribution in [3.8, 4) is 0 Å². The summed E-state index contributed by atoms with van der Waals surface area (Å²) in [7, 11) is 1.81. The standard InChI is InChI=1S/C13H16Cl2N2O/c1-17(13(18)9-4-5-16-7-9)8-10-2-3-11(14)6-12(10)15/h2-3,6,9,16H,4-5,7-8H2,1H3. The molecule has 2 rings (SSSR count). The van der Waals surface area contributed by atoms with Crippen LogP contribution in [-0.2, 0) is 11.3 Å². The monoisotopic (exact) mass is 286 g/mol. The first kappa shape index (κ1) is 13.7. The molecule has 5 heteroatoms. The molecule has 1 fully saturated rings. The molecule has 1 aliphatic heterocycles. The molecule has 0 spiro atoms. The average Bonchev–Trinajstić information content (AvgIpc) is 2.85. The van der Waals surface area contributed by atoms with Crippen LogP contribution in [0.5, 0.6) is 0 Å². The Bertz CT molecular complexity index is 445. The van der Waals surface area contributed by atoms with Crippen molar-refractivity contribution in [2.45, 2.75) is 13.0 Å². The zero-order valence-electron chi connectivity index (χ0n) is 10.2. The highest BCUT2D eigenvalue weighted by molar-refractivity contribution is 6.35. The number of nitrogens with one attached hydrogen (secondary N) is 1. The van der Waals surface area contributed by atoms with Gasteiger partial charge in [-0.3, -0.25) is 4.79 Å². The van der Waals surface area contributed by atoms with Gasteiger partial charge in [-0.2, -0.15) is 0 Å². The number of amides is 1. The van der Waals surface area contributed by atoms with Gasteiger partial charge in [-0.05, 0) is 30.7 Å². The third-order valence-corrected chi connectivity index (χ3v) is 3.80. The highest BCUT2D eigenvalue weighted by Gasteiger charge is 2.25. The van der Waals surface area contributed by atoms with E-state index in [1.165, 1.54) is 0 Å². The van der Waals surface area contributed by atoms with Crippen LogP contribution in [0.1, 0.15) is 12.0 Å². The Morgan fingerprint density at radius 2 is 2.28 bits per heavy atom. The van der Waals surface area contributed by atoms with Gasteiger partial charge in [0.05, 0.1) is 5.92 Å². The quantitative estimate of drug-likeness (QED) is 0.926. The third kappa shape index (κ3) is 3.16. The van der Waals surface area contributed by atoms with Crippen molar-refractivity contribution in [2.75, 3.05) is 20.1 Å². The Hall–Kier alpha value is -0.770. The fourth-order valence-electron chi connectivity index (χ4n) is 2.16. The second-order valence-electron chi connectivity index (χ2n) is 4.62. The molecule has 0 radical (unpaired) electrons. The summed E-state index contributed by atoms with van der Waals surface area (Å²) < 4.78 is 0. The largest absolute Gasteiger partial charge is 0.341 e. The number of nitrogens with zero attached hydrogens (tertiary/aromatic N) is 1. The summed E-state index contributed by atoms with van der Waals surface area (Å²) in [5, 5.41) is 4.41. The van der Waals surface area contributed by atoms with Crippen molar-refractivity contribution in [1.82, 2.24) is 10.2 Å². The molecule has 1 unspecified atom stereocenters. The summed E-state index contributed by atoms with van der Waals surface area (Å²) in [5.41, 5.74) is 0.919. The van der Waals surface area contributed by atoms with Crippen molar-refractivity contribution in [3.05, 3.63) is 33.8 Å². The highest BCUT2D eigenvalue weighted by atomic mass is 35.5. The van der Waals surface area contributed by atoms with E-state index in [0.29, 0.717) is 16.6 Å². The maximum absolute atomic E-state index is 12.1. The number of halogens is 2. The van der Waals surface area contributed by atoms with E-state index in [0.717, 1.165) is 25.1 Å². The number of benzene rings is 1. The van der Waals surface area contributed by atoms with Crippen molar-refractivity contribution in [3.63, 3.8) is 0 Å². The van der Waals surface area contributed by atoms with Gasteiger partial charge in [0.25, 0.3) is 0 Å². The van der Waals surface area contributed by atoms with Crippen LogP contribution in [0.3, 0.4) is 0 Å². The molecule has 98 valence electrons. The number of carbonyl (C=O) groups is 1. The molecular formula is C13H16Cl2N2O. The van der Waals surface area contributed by atoms with Crippen LogP contribution in [0, 0.1) is 5.92 Å². The van der Waals surface area contributed by atoms with Crippen molar-refractivity contribution in [2.24, 2.45) is 5.92 Å². The Balaban J connectivity index is 2.01. The molecule has 0 bridgehead atoms. The first-order valence-electron chi connectivity index (χ1n) is 5.97. The Morgan fingerprint density at radius 1 is 1.50 bits per heavy atom. The van der Waals surface area contributed by atoms with Crippen molar-refractivity contribution in [1.29, 1.82) is 0 Å². The lowest BCUT2D eigenvalue weighted by Gasteiger charge is -2.21. The molecule has 1 N–H and O–H groups in total. The molecule has 1 aliphatic rings. The van der Waals surface area contributed by atoms with Crippen LogP contribution in [-0.4, -0.2) is 30.9 Å². The molecule has 1 aromatic rings. The molecule has 1 heterocycles. The van der Waals surface area contributed by atoms with E-state index in [1.807, 2.05) is 13.1 Å². The molecule has 0 aromatic heterocycles. The number of hydrogen-bond acceptors (Lipinski definition) is 2. The van der Waals surface area contributed by atoms with Crippen LogP contribution in [0.15, 0.2) is 18.2 Å². The van der Waals surface area contributed by atoms with Crippen LogP contribution in [0.25, 0.3) is 0 Å². The first-order chi connectivity index (χ1) is 8.58. The minimum absolute atomic E-state index is 0.0982. The second-order valence-corrected chi connectivity index (χ2v) is 5.46. The molecule has 0 saturated carbocycles. The summed E-state index contributed by atoms with van der Waals surface area (Å²) in [6.07, 6.45) is 0.914. The molecule has 1 saturated heterocycles. The smallest absolute Gasteiger partial charge is 0.227 e. The van der Waals surface area contributed by atoms with Crippen LogP contribution >= 0.6 is 23.2 Å². The fourth-order valence-corrected chi connectivity index (χ4v) is 2.63. The van der Waals surface area contributed by atoms with E-state index in [1.54, 1.807) is 17.0 Å². The van der Waals surface area contributed by atoms with Gasteiger partial charge in [-0.15, -0.1) is 0 Å². The minimum atomic E-state index is 0.0982. The van der Waals surface area contributed by atoms with E-state index in [-0.39, 0.29) is 11.8 Å². The lowest BCUT2D eigenvalue weighted by Crippen LogP contribution is -2.33. The number of hydrogen-bond donors (Lipinski definition) is 1. The fraction of sp³-hybridized carbons (Fsp3) is 0.462. The average molecular weight is 287 g/mol. The molecule has 3 nitrogen and oxygen atoms in total. The van der Waals surface area contributed by atoms with E-state index in [9.17, 15) is 4.79 Å². The van der Waals surface area contributed by atoms with Gasteiger partial charge < -0.3 is 10.2 Å². The van der Waals surface area contributed by atoms with Gasteiger partial charge in [0.15, 0.2) is 0 Å². The van der Waals surface area contributed by atoms with Crippen LogP contribution in [0.2, 0.25) is 10.0 Å². The summed E-state index contributed by atoms with van der Waals surface area (Å²) in [4.78, 5) is 13.9. The van der Waals surface area contributed by atoms with Crippen molar-refractivity contribution >= 4 is 29.1 Å². The van der Waals surface area contributed by atoms with E-state index in [2.05, 4.69) is 5.32 Å². The summed E-state index contributed by atoms with van der Waals surface area (Å²) in [6.45, 7) is 2.22. The molecule has 1 atom stereocenters. The maximum atomic E-state index is 12.1. The van der Waals surface area contributed by atoms with Gasteiger partial charge in [0.1, 0.15) is 0 Å². The van der Waals surface area contributed by atoms with E-state index in [4.69, 9.17) is 23.2 Å². The lowest BCUT2D eigenvalue weighted by atomic mass is 10.1. The Morgan fingerprint density at radius 3 is 2.89 bits per heavy atom. The van der Waals surface area contributed by atoms with Crippen LogP contribution < -0.4 is 5.32 Å². The van der Waals surface area contributed by atoms with Gasteiger partial charge in [0.2, 0.25) is 5.91 Å². The molecular weight excluding hydrogens is 271 g/mol. The Kier molecular flexibility index (Phi) is 4.49. The van der Waals surface area contributed by atoms with Crippen molar-refractivity contribution < 1.29 is 4.79 Å². The minimum Gasteiger partial charge on any atom is -0.341 e. The lowest BCUT2D eigenvalue weighted by molar-refractivity contribution is -0.134. The topological polar surface area (TPSA) is 32.3 Å². The summed E-state index contributed by atoms with van der Waals surface area (Å²) >= 11 is 11.9. The summed E-state index contributed by atoms with van der Waals surface area (Å²) in [5.74, 6) is 0.270. The zero-order chi connectivity index (χ0) is 13.1. The molecule has 18 heavy (non-hydrogen) atoms. The predicted octanol–water partition coefficient (Wildman–Crippen LogP) is 2.56. The number of carbonyl (C=O) groups excluding carboxylic acids is 1. The normalized spacial score (nSPS) is 18.9. The van der Waals surface area contributed by atoms with E-state index >= 15 is 0 Å². The Labute approximate surface area is 117 Å². The first-order valence-corrected chi connectivity index (χ1v) is 6.73. The van der Waals surface area contributed by atoms with Gasteiger partial charge in [0, 0.05) is 30.2 Å². The second kappa shape index (κ2) is 5.91. The third-order valence-electron chi connectivity index (χ3n) is 3.21. The van der Waals surface area contributed by atoms with Gasteiger partial charge in [-0.1, -0.05) is 29.3 Å².